The molecule has 0 atom stereocenters. The van der Waals surface area contributed by atoms with Gasteiger partial charge in [0.15, 0.2) is 0 Å². The summed E-state index contributed by atoms with van der Waals surface area (Å²) in [6, 6.07) is 10.1. The zero-order valence-electron chi connectivity index (χ0n) is 16.3. The number of nitrogens with one attached hydrogen (secondary N) is 3. The lowest BCUT2D eigenvalue weighted by atomic mass is 10.0. The van der Waals surface area contributed by atoms with Crippen molar-refractivity contribution in [3.63, 3.8) is 0 Å². The Hall–Kier alpha value is -3.16. The van der Waals surface area contributed by atoms with Crippen LogP contribution in [-0.4, -0.2) is 38.7 Å². The Morgan fingerprint density at radius 2 is 1.90 bits per heavy atom. The van der Waals surface area contributed by atoms with Crippen molar-refractivity contribution in [2.24, 2.45) is 0 Å². The molecule has 0 aliphatic carbocycles. The van der Waals surface area contributed by atoms with E-state index in [2.05, 4.69) is 48.7 Å². The first-order valence-corrected chi connectivity index (χ1v) is 9.86. The number of aromatic amines is 1. The van der Waals surface area contributed by atoms with Crippen LogP contribution in [0.1, 0.15) is 29.2 Å². The summed E-state index contributed by atoms with van der Waals surface area (Å²) in [7, 11) is 0. The fourth-order valence-corrected chi connectivity index (χ4v) is 3.88. The van der Waals surface area contributed by atoms with Crippen LogP contribution >= 0.6 is 12.4 Å². The van der Waals surface area contributed by atoms with Crippen LogP contribution in [-0.2, 0) is 0 Å². The van der Waals surface area contributed by atoms with Gasteiger partial charge in [0.1, 0.15) is 0 Å². The minimum absolute atomic E-state index is 0. The van der Waals surface area contributed by atoms with E-state index >= 15 is 0 Å². The average molecular weight is 423 g/mol. The maximum atomic E-state index is 12.8. The lowest BCUT2D eigenvalue weighted by Gasteiger charge is -2.22. The second kappa shape index (κ2) is 8.69. The zero-order valence-corrected chi connectivity index (χ0v) is 17.2. The van der Waals surface area contributed by atoms with Crippen molar-refractivity contribution < 1.29 is 4.79 Å². The fourth-order valence-electron chi connectivity index (χ4n) is 3.88. The Kier molecular flexibility index (Phi) is 5.83. The van der Waals surface area contributed by atoms with Crippen LogP contribution in [0.3, 0.4) is 0 Å². The van der Waals surface area contributed by atoms with E-state index < -0.39 is 0 Å². The standard InChI is InChI=1S/C22H22N6O.ClH/c29-22(27-17-3-7-23-8-4-17)20-13-25-21-2-1-15(11-19(20)21)16-12-26-28(14-16)18-5-9-24-10-6-18;/h1-4,7-8,11-14,18,24-25H,5-6,9-10H2,(H,23,27,29);1H. The molecule has 0 bridgehead atoms. The predicted octanol–water partition coefficient (Wildman–Crippen LogP) is 4.03. The highest BCUT2D eigenvalue weighted by Gasteiger charge is 2.17. The van der Waals surface area contributed by atoms with E-state index in [0.717, 1.165) is 53.6 Å². The fraction of sp³-hybridized carbons (Fsp3) is 0.227. The van der Waals surface area contributed by atoms with Gasteiger partial charge in [-0.25, -0.2) is 0 Å². The molecule has 0 unspecified atom stereocenters. The molecule has 5 rings (SSSR count). The molecule has 154 valence electrons. The van der Waals surface area contributed by atoms with Gasteiger partial charge in [0.05, 0.1) is 17.8 Å². The number of benzene rings is 1. The number of anilines is 1. The summed E-state index contributed by atoms with van der Waals surface area (Å²) in [5, 5.41) is 11.8. The van der Waals surface area contributed by atoms with E-state index in [1.807, 2.05) is 12.3 Å². The first-order chi connectivity index (χ1) is 14.3. The molecule has 3 N–H and O–H groups in total. The molecule has 0 radical (unpaired) electrons. The third-order valence-corrected chi connectivity index (χ3v) is 5.48. The Morgan fingerprint density at radius 1 is 1.10 bits per heavy atom. The number of piperidine rings is 1. The highest BCUT2D eigenvalue weighted by Crippen LogP contribution is 2.28. The van der Waals surface area contributed by atoms with Gasteiger partial charge in [-0.05, 0) is 55.8 Å². The van der Waals surface area contributed by atoms with Crippen LogP contribution in [0.25, 0.3) is 22.0 Å². The number of hydrogen-bond donors (Lipinski definition) is 3. The van der Waals surface area contributed by atoms with Crippen molar-refractivity contribution in [3.05, 3.63) is 66.9 Å². The second-order valence-corrected chi connectivity index (χ2v) is 7.34. The van der Waals surface area contributed by atoms with Gasteiger partial charge in [0.25, 0.3) is 5.91 Å². The minimum Gasteiger partial charge on any atom is -0.360 e. The third-order valence-electron chi connectivity index (χ3n) is 5.48. The number of rotatable bonds is 4. The monoisotopic (exact) mass is 422 g/mol. The normalized spacial score (nSPS) is 14.4. The summed E-state index contributed by atoms with van der Waals surface area (Å²) in [6.45, 7) is 2.07. The first-order valence-electron chi connectivity index (χ1n) is 9.86. The summed E-state index contributed by atoms with van der Waals surface area (Å²) < 4.78 is 2.08. The molecule has 4 aromatic rings. The number of pyridine rings is 1. The van der Waals surface area contributed by atoms with E-state index in [1.54, 1.807) is 30.7 Å². The molecule has 30 heavy (non-hydrogen) atoms. The van der Waals surface area contributed by atoms with Crippen molar-refractivity contribution >= 4 is 34.9 Å². The highest BCUT2D eigenvalue weighted by atomic mass is 35.5. The molecular weight excluding hydrogens is 400 g/mol. The molecule has 1 saturated heterocycles. The highest BCUT2D eigenvalue weighted by molar-refractivity contribution is 6.13. The van der Waals surface area contributed by atoms with Crippen molar-refractivity contribution in [2.45, 2.75) is 18.9 Å². The molecule has 1 aliphatic heterocycles. The number of fused-ring (bicyclic) bond motifs is 1. The van der Waals surface area contributed by atoms with Gasteiger partial charge in [-0.3, -0.25) is 14.5 Å². The van der Waals surface area contributed by atoms with Gasteiger partial charge in [-0.2, -0.15) is 5.10 Å². The Morgan fingerprint density at radius 3 is 2.70 bits per heavy atom. The molecule has 3 aromatic heterocycles. The molecule has 1 fully saturated rings. The Bertz CT molecular complexity index is 1150. The maximum absolute atomic E-state index is 12.8. The van der Waals surface area contributed by atoms with Crippen molar-refractivity contribution in [2.75, 3.05) is 18.4 Å². The summed E-state index contributed by atoms with van der Waals surface area (Å²) in [5.74, 6) is -0.148. The molecule has 1 aromatic carbocycles. The van der Waals surface area contributed by atoms with Crippen LogP contribution in [0.5, 0.6) is 0 Å². The minimum atomic E-state index is -0.148. The van der Waals surface area contributed by atoms with Gasteiger partial charge >= 0.3 is 0 Å². The van der Waals surface area contributed by atoms with E-state index in [0.29, 0.717) is 11.6 Å². The number of H-pyrrole nitrogens is 1. The van der Waals surface area contributed by atoms with E-state index in [9.17, 15) is 4.79 Å². The molecule has 8 heteroatoms. The zero-order chi connectivity index (χ0) is 19.6. The number of halogens is 1. The summed E-state index contributed by atoms with van der Waals surface area (Å²) in [4.78, 5) is 19.9. The van der Waals surface area contributed by atoms with Crippen molar-refractivity contribution in [1.29, 1.82) is 0 Å². The quantitative estimate of drug-likeness (QED) is 0.463. The maximum Gasteiger partial charge on any atom is 0.257 e. The predicted molar refractivity (Wildman–Crippen MR) is 120 cm³/mol. The molecule has 7 nitrogen and oxygen atoms in total. The van der Waals surface area contributed by atoms with E-state index in [4.69, 9.17) is 0 Å². The van der Waals surface area contributed by atoms with E-state index in [1.165, 1.54) is 0 Å². The van der Waals surface area contributed by atoms with Gasteiger partial charge in [-0.15, -0.1) is 12.4 Å². The molecule has 0 saturated carbocycles. The van der Waals surface area contributed by atoms with Crippen LogP contribution in [0, 0.1) is 0 Å². The van der Waals surface area contributed by atoms with E-state index in [-0.39, 0.29) is 18.3 Å². The third kappa shape index (κ3) is 3.94. The second-order valence-electron chi connectivity index (χ2n) is 7.34. The molecular formula is C22H23ClN6O. The van der Waals surface area contributed by atoms with Crippen LogP contribution in [0.4, 0.5) is 5.69 Å². The van der Waals surface area contributed by atoms with Gasteiger partial charge in [-0.1, -0.05) is 6.07 Å². The summed E-state index contributed by atoms with van der Waals surface area (Å²) in [6.07, 6.45) is 11.3. The van der Waals surface area contributed by atoms with Crippen molar-refractivity contribution in [1.82, 2.24) is 25.1 Å². The van der Waals surface area contributed by atoms with Crippen LogP contribution < -0.4 is 10.6 Å². The lowest BCUT2D eigenvalue weighted by Crippen LogP contribution is -2.29. The number of carbonyl (C=O) groups is 1. The number of amides is 1. The summed E-state index contributed by atoms with van der Waals surface area (Å²) >= 11 is 0. The molecule has 4 heterocycles. The van der Waals surface area contributed by atoms with Gasteiger partial charge in [0, 0.05) is 46.9 Å². The number of nitrogens with zero attached hydrogens (tertiary/aromatic N) is 3. The largest absolute Gasteiger partial charge is 0.360 e. The number of carbonyl (C=O) groups excluding carboxylic acids is 1. The Labute approximate surface area is 180 Å². The number of aromatic nitrogens is 4. The van der Waals surface area contributed by atoms with Gasteiger partial charge < -0.3 is 15.6 Å². The molecule has 1 aliphatic rings. The lowest BCUT2D eigenvalue weighted by molar-refractivity contribution is 0.102. The molecule has 0 spiro atoms. The van der Waals surface area contributed by atoms with Crippen LogP contribution in [0.2, 0.25) is 0 Å². The number of hydrogen-bond acceptors (Lipinski definition) is 4. The van der Waals surface area contributed by atoms with Gasteiger partial charge in [0.2, 0.25) is 0 Å². The smallest absolute Gasteiger partial charge is 0.257 e. The molecule has 1 amide bonds. The topological polar surface area (TPSA) is 87.6 Å². The first kappa shape index (κ1) is 20.1. The SMILES string of the molecule is Cl.O=C(Nc1ccncc1)c1c[nH]c2ccc(-c3cnn(C4CCNCC4)c3)cc12. The van der Waals surface area contributed by atoms with Crippen LogP contribution in [0.15, 0.2) is 61.3 Å². The van der Waals surface area contributed by atoms with Crippen molar-refractivity contribution in [3.8, 4) is 11.1 Å². The Balaban J connectivity index is 0.00000218. The summed E-state index contributed by atoms with van der Waals surface area (Å²) in [5.41, 5.74) is 4.38. The average Bonchev–Trinajstić information content (AvgIpc) is 3.42.